The Morgan fingerprint density at radius 3 is 2.39 bits per heavy atom. The first-order chi connectivity index (χ1) is 15.9. The van der Waals surface area contributed by atoms with Crippen molar-refractivity contribution in [3.05, 3.63) is 71.9 Å². The summed E-state index contributed by atoms with van der Waals surface area (Å²) < 4.78 is 45.0. The van der Waals surface area contributed by atoms with Crippen molar-refractivity contribution in [2.24, 2.45) is 0 Å². The second kappa shape index (κ2) is 10.2. The molecule has 1 saturated heterocycles. The number of halogens is 1. The van der Waals surface area contributed by atoms with Crippen LogP contribution in [0.3, 0.4) is 0 Å². The third-order valence-corrected chi connectivity index (χ3v) is 7.38. The summed E-state index contributed by atoms with van der Waals surface area (Å²) in [5.41, 5.74) is 1.40. The molecule has 0 unspecified atom stereocenters. The van der Waals surface area contributed by atoms with Crippen LogP contribution in [-0.2, 0) is 27.0 Å². The minimum atomic E-state index is -3.41. The van der Waals surface area contributed by atoms with Crippen LogP contribution in [-0.4, -0.2) is 59.8 Å². The van der Waals surface area contributed by atoms with Crippen LogP contribution in [0.25, 0.3) is 11.4 Å². The molecule has 4 rings (SSSR count). The molecule has 10 heteroatoms. The van der Waals surface area contributed by atoms with Crippen molar-refractivity contribution in [3.8, 4) is 11.4 Å². The van der Waals surface area contributed by atoms with Gasteiger partial charge in [0.05, 0.1) is 5.75 Å². The fourth-order valence-corrected chi connectivity index (χ4v) is 5.23. The molecule has 0 atom stereocenters. The SMILES string of the molecule is O=C(CCCc1nc(-c2ccc(F)cc2)no1)N1CCN(S(=O)(=O)Cc2ccccc2)CC1. The van der Waals surface area contributed by atoms with Gasteiger partial charge in [-0.15, -0.1) is 0 Å². The number of sulfonamides is 1. The third kappa shape index (κ3) is 6.02. The van der Waals surface area contributed by atoms with Gasteiger partial charge in [-0.1, -0.05) is 35.5 Å². The van der Waals surface area contributed by atoms with Gasteiger partial charge in [-0.25, -0.2) is 12.8 Å². The van der Waals surface area contributed by atoms with Gasteiger partial charge in [-0.3, -0.25) is 4.79 Å². The van der Waals surface area contributed by atoms with Crippen LogP contribution in [0.5, 0.6) is 0 Å². The van der Waals surface area contributed by atoms with E-state index in [9.17, 15) is 17.6 Å². The van der Waals surface area contributed by atoms with Gasteiger partial charge in [-0.05, 0) is 36.2 Å². The monoisotopic (exact) mass is 472 g/mol. The van der Waals surface area contributed by atoms with Crippen LogP contribution < -0.4 is 0 Å². The summed E-state index contributed by atoms with van der Waals surface area (Å²) in [5, 5.41) is 3.90. The molecule has 0 saturated carbocycles. The van der Waals surface area contributed by atoms with E-state index in [1.807, 2.05) is 18.2 Å². The van der Waals surface area contributed by atoms with E-state index in [2.05, 4.69) is 10.1 Å². The van der Waals surface area contributed by atoms with Crippen molar-refractivity contribution < 1.29 is 22.1 Å². The summed E-state index contributed by atoms with van der Waals surface area (Å²) in [6.07, 6.45) is 1.30. The summed E-state index contributed by atoms with van der Waals surface area (Å²) >= 11 is 0. The van der Waals surface area contributed by atoms with Gasteiger partial charge >= 0.3 is 0 Å². The lowest BCUT2D eigenvalue weighted by molar-refractivity contribution is -0.132. The zero-order valence-electron chi connectivity index (χ0n) is 18.1. The Balaban J connectivity index is 1.22. The summed E-state index contributed by atoms with van der Waals surface area (Å²) in [4.78, 5) is 18.5. The molecule has 1 aliphatic rings. The number of aromatic nitrogens is 2. The average Bonchev–Trinajstić information content (AvgIpc) is 3.29. The average molecular weight is 473 g/mol. The molecule has 0 spiro atoms. The summed E-state index contributed by atoms with van der Waals surface area (Å²) in [7, 11) is -3.41. The van der Waals surface area contributed by atoms with Gasteiger partial charge in [0.1, 0.15) is 5.82 Å². The largest absolute Gasteiger partial charge is 0.340 e. The fourth-order valence-electron chi connectivity index (χ4n) is 3.71. The van der Waals surface area contributed by atoms with Gasteiger partial charge in [0.2, 0.25) is 27.6 Å². The second-order valence-electron chi connectivity index (χ2n) is 7.89. The van der Waals surface area contributed by atoms with Crippen molar-refractivity contribution in [1.29, 1.82) is 0 Å². The van der Waals surface area contributed by atoms with E-state index in [1.54, 1.807) is 29.2 Å². The van der Waals surface area contributed by atoms with Crippen molar-refractivity contribution >= 4 is 15.9 Å². The van der Waals surface area contributed by atoms with E-state index in [1.165, 1.54) is 16.4 Å². The molecular formula is C23H25FN4O4S. The Hall–Kier alpha value is -3.11. The maximum absolute atomic E-state index is 13.0. The van der Waals surface area contributed by atoms with E-state index in [0.717, 1.165) is 5.56 Å². The van der Waals surface area contributed by atoms with Crippen LogP contribution >= 0.6 is 0 Å². The first-order valence-corrected chi connectivity index (χ1v) is 12.4. The zero-order chi connectivity index (χ0) is 23.3. The Bertz CT molecular complexity index is 1170. The molecule has 174 valence electrons. The molecule has 0 bridgehead atoms. The third-order valence-electron chi connectivity index (χ3n) is 5.53. The van der Waals surface area contributed by atoms with Gasteiger partial charge in [0, 0.05) is 44.6 Å². The van der Waals surface area contributed by atoms with Gasteiger partial charge in [-0.2, -0.15) is 9.29 Å². The molecule has 2 heterocycles. The maximum atomic E-state index is 13.0. The lowest BCUT2D eigenvalue weighted by atomic mass is 10.2. The highest BCUT2D eigenvalue weighted by Crippen LogP contribution is 2.18. The van der Waals surface area contributed by atoms with Gasteiger partial charge in [0.25, 0.3) is 0 Å². The molecule has 0 N–H and O–H groups in total. The van der Waals surface area contributed by atoms with E-state index in [-0.39, 0.29) is 17.5 Å². The summed E-state index contributed by atoms with van der Waals surface area (Å²) in [6, 6.07) is 14.9. The second-order valence-corrected chi connectivity index (χ2v) is 9.86. The lowest BCUT2D eigenvalue weighted by Crippen LogP contribution is -2.50. The number of carbonyl (C=O) groups excluding carboxylic acids is 1. The number of amides is 1. The van der Waals surface area contributed by atoms with Gasteiger partial charge in [0.15, 0.2) is 0 Å². The molecule has 3 aromatic rings. The first kappa shape index (κ1) is 23.1. The van der Waals surface area contributed by atoms with Crippen LogP contribution in [0.4, 0.5) is 4.39 Å². The number of hydrogen-bond acceptors (Lipinski definition) is 6. The Kier molecular flexibility index (Phi) is 7.14. The molecule has 1 fully saturated rings. The molecular weight excluding hydrogens is 447 g/mol. The maximum Gasteiger partial charge on any atom is 0.226 e. The van der Waals surface area contributed by atoms with E-state index in [4.69, 9.17) is 4.52 Å². The molecule has 0 aliphatic carbocycles. The molecule has 8 nitrogen and oxygen atoms in total. The number of piperazine rings is 1. The van der Waals surface area contributed by atoms with E-state index >= 15 is 0 Å². The van der Waals surface area contributed by atoms with Crippen LogP contribution in [0.2, 0.25) is 0 Å². The molecule has 2 aromatic carbocycles. The first-order valence-electron chi connectivity index (χ1n) is 10.8. The predicted octanol–water partition coefficient (Wildman–Crippen LogP) is 2.87. The lowest BCUT2D eigenvalue weighted by Gasteiger charge is -2.34. The predicted molar refractivity (Wildman–Crippen MR) is 120 cm³/mol. The number of carbonyl (C=O) groups is 1. The normalized spacial score (nSPS) is 15.0. The number of aryl methyl sites for hydroxylation is 1. The summed E-state index contributed by atoms with van der Waals surface area (Å²) in [6.45, 7) is 1.35. The highest BCUT2D eigenvalue weighted by Gasteiger charge is 2.28. The quantitative estimate of drug-likeness (QED) is 0.500. The van der Waals surface area contributed by atoms with E-state index in [0.29, 0.717) is 62.7 Å². The van der Waals surface area contributed by atoms with Crippen LogP contribution in [0, 0.1) is 5.82 Å². The highest BCUT2D eigenvalue weighted by molar-refractivity contribution is 7.88. The van der Waals surface area contributed by atoms with Crippen molar-refractivity contribution in [2.45, 2.75) is 25.0 Å². The molecule has 1 aromatic heterocycles. The number of nitrogens with zero attached hydrogens (tertiary/aromatic N) is 4. The Morgan fingerprint density at radius 1 is 1.00 bits per heavy atom. The molecule has 33 heavy (non-hydrogen) atoms. The Morgan fingerprint density at radius 2 is 1.70 bits per heavy atom. The number of hydrogen-bond donors (Lipinski definition) is 0. The smallest absolute Gasteiger partial charge is 0.226 e. The van der Waals surface area contributed by atoms with Crippen molar-refractivity contribution in [2.75, 3.05) is 26.2 Å². The van der Waals surface area contributed by atoms with Crippen LogP contribution in [0.15, 0.2) is 59.1 Å². The van der Waals surface area contributed by atoms with E-state index < -0.39 is 10.0 Å². The number of rotatable bonds is 8. The highest BCUT2D eigenvalue weighted by atomic mass is 32.2. The molecule has 1 aliphatic heterocycles. The standard InChI is InChI=1S/C23H25FN4O4S/c24-20-11-9-19(10-12-20)23-25-21(32-26-23)7-4-8-22(29)27-13-15-28(16-14-27)33(30,31)17-18-5-2-1-3-6-18/h1-3,5-6,9-12H,4,7-8,13-17H2. The van der Waals surface area contributed by atoms with Gasteiger partial charge < -0.3 is 9.42 Å². The Labute approximate surface area is 192 Å². The minimum absolute atomic E-state index is 0.0200. The van der Waals surface area contributed by atoms with Crippen LogP contribution in [0.1, 0.15) is 24.3 Å². The topological polar surface area (TPSA) is 96.6 Å². The number of benzene rings is 2. The minimum Gasteiger partial charge on any atom is -0.340 e. The van der Waals surface area contributed by atoms with Crippen molar-refractivity contribution in [3.63, 3.8) is 0 Å². The zero-order valence-corrected chi connectivity index (χ0v) is 18.9. The fraction of sp³-hybridized carbons (Fsp3) is 0.348. The molecule has 1 amide bonds. The molecule has 0 radical (unpaired) electrons. The van der Waals surface area contributed by atoms with Crippen molar-refractivity contribution in [1.82, 2.24) is 19.3 Å². The summed E-state index contributed by atoms with van der Waals surface area (Å²) in [5.74, 6) is 0.401.